The number of hydrogen-bond donors (Lipinski definition) is 2. The molecule has 0 aliphatic rings. The van der Waals surface area contributed by atoms with Crippen molar-refractivity contribution in [3.63, 3.8) is 0 Å². The van der Waals surface area contributed by atoms with Crippen molar-refractivity contribution in [2.75, 3.05) is 5.32 Å². The molecule has 6 nitrogen and oxygen atoms in total. The van der Waals surface area contributed by atoms with Crippen LogP contribution >= 0.6 is 0 Å². The van der Waals surface area contributed by atoms with Gasteiger partial charge in [0, 0.05) is 12.1 Å². The lowest BCUT2D eigenvalue weighted by Crippen LogP contribution is -2.23. The molecule has 0 atom stereocenters. The molecule has 0 saturated heterocycles. The monoisotopic (exact) mass is 404 g/mol. The van der Waals surface area contributed by atoms with E-state index in [0.29, 0.717) is 23.4 Å². The molecular weight excluding hydrogens is 380 g/mol. The molecule has 0 spiro atoms. The van der Waals surface area contributed by atoms with Crippen LogP contribution < -0.4 is 16.7 Å². The largest absolute Gasteiger partial charge is 0.427 e. The Labute approximate surface area is 174 Å². The lowest BCUT2D eigenvalue weighted by Gasteiger charge is -2.09. The van der Waals surface area contributed by atoms with Crippen LogP contribution in [0.15, 0.2) is 69.9 Å². The van der Waals surface area contributed by atoms with Crippen molar-refractivity contribution in [3.8, 4) is 0 Å². The summed E-state index contributed by atoms with van der Waals surface area (Å²) >= 11 is 0. The van der Waals surface area contributed by atoms with Crippen molar-refractivity contribution in [2.24, 2.45) is 5.73 Å². The first-order valence-corrected chi connectivity index (χ1v) is 9.78. The number of carbonyl (C=O) groups excluding carboxylic acids is 2. The van der Waals surface area contributed by atoms with Crippen LogP contribution in [0, 0.1) is 6.92 Å². The van der Waals surface area contributed by atoms with Crippen LogP contribution in [-0.4, -0.2) is 11.8 Å². The van der Waals surface area contributed by atoms with Gasteiger partial charge in [0.05, 0.1) is 6.42 Å². The van der Waals surface area contributed by atoms with Crippen LogP contribution in [0.4, 0.5) is 5.69 Å². The summed E-state index contributed by atoms with van der Waals surface area (Å²) in [5.41, 5.74) is 7.58. The van der Waals surface area contributed by atoms with Gasteiger partial charge in [0.25, 0.3) is 5.91 Å². The number of carbonyl (C=O) groups is 2. The van der Waals surface area contributed by atoms with Crippen LogP contribution in [0.1, 0.15) is 39.2 Å². The molecule has 3 aromatic rings. The Morgan fingerprint density at radius 2 is 1.67 bits per heavy atom. The van der Waals surface area contributed by atoms with E-state index in [1.54, 1.807) is 37.3 Å². The lowest BCUT2D eigenvalue weighted by molar-refractivity contribution is -0.117. The predicted molar refractivity (Wildman–Crippen MR) is 115 cm³/mol. The zero-order chi connectivity index (χ0) is 21.5. The number of nitrogens with one attached hydrogen (secondary N) is 1. The van der Waals surface area contributed by atoms with E-state index in [0.717, 1.165) is 18.4 Å². The number of nitrogens with two attached hydrogens (primary N) is 1. The van der Waals surface area contributed by atoms with Crippen LogP contribution in [0.3, 0.4) is 0 Å². The van der Waals surface area contributed by atoms with Gasteiger partial charge in [-0.2, -0.15) is 0 Å². The number of anilines is 1. The van der Waals surface area contributed by atoms with Gasteiger partial charge in [0.1, 0.15) is 11.3 Å². The first kappa shape index (κ1) is 21.0. The second-order valence-corrected chi connectivity index (χ2v) is 7.19. The molecule has 2 aromatic carbocycles. The molecule has 30 heavy (non-hydrogen) atoms. The Balaban J connectivity index is 1.64. The normalized spacial score (nSPS) is 10.6. The highest BCUT2D eigenvalue weighted by Crippen LogP contribution is 2.14. The van der Waals surface area contributed by atoms with E-state index in [4.69, 9.17) is 10.2 Å². The van der Waals surface area contributed by atoms with Gasteiger partial charge in [0.2, 0.25) is 5.91 Å². The zero-order valence-corrected chi connectivity index (χ0v) is 16.8. The number of amides is 2. The van der Waals surface area contributed by atoms with Gasteiger partial charge in [-0.3, -0.25) is 9.59 Å². The van der Waals surface area contributed by atoms with Gasteiger partial charge in [-0.15, -0.1) is 0 Å². The molecule has 6 heteroatoms. The van der Waals surface area contributed by atoms with E-state index in [-0.39, 0.29) is 12.0 Å². The summed E-state index contributed by atoms with van der Waals surface area (Å²) in [7, 11) is 0. The predicted octanol–water partition coefficient (Wildman–Crippen LogP) is 3.40. The second-order valence-electron chi connectivity index (χ2n) is 7.19. The van der Waals surface area contributed by atoms with Gasteiger partial charge in [0.15, 0.2) is 0 Å². The van der Waals surface area contributed by atoms with Crippen molar-refractivity contribution in [3.05, 3.63) is 99.1 Å². The van der Waals surface area contributed by atoms with Crippen molar-refractivity contribution in [1.82, 2.24) is 0 Å². The standard InChI is InChI=1S/C24H24N2O4/c1-16-14-20(9-5-8-17-6-3-2-4-7-17)30-24(29)22(16)23(28)26-19-12-10-18(11-13-19)15-21(25)27/h2-4,6-7,10-14H,5,8-9,15H2,1H3,(H2,25,27)(H,26,28). The highest BCUT2D eigenvalue weighted by atomic mass is 16.4. The van der Waals surface area contributed by atoms with Gasteiger partial charge in [-0.25, -0.2) is 4.79 Å². The third-order valence-electron chi connectivity index (χ3n) is 4.75. The molecule has 0 fully saturated rings. The van der Waals surface area contributed by atoms with Crippen molar-refractivity contribution < 1.29 is 14.0 Å². The van der Waals surface area contributed by atoms with Crippen LogP contribution in [-0.2, 0) is 24.1 Å². The fourth-order valence-corrected chi connectivity index (χ4v) is 3.28. The maximum absolute atomic E-state index is 12.6. The van der Waals surface area contributed by atoms with Crippen LogP contribution in [0.2, 0.25) is 0 Å². The van der Waals surface area contributed by atoms with E-state index in [2.05, 4.69) is 17.4 Å². The summed E-state index contributed by atoms with van der Waals surface area (Å²) < 4.78 is 5.38. The summed E-state index contributed by atoms with van der Waals surface area (Å²) in [6, 6.07) is 18.6. The van der Waals surface area contributed by atoms with E-state index in [1.165, 1.54) is 5.56 Å². The molecule has 0 saturated carbocycles. The highest BCUT2D eigenvalue weighted by Gasteiger charge is 2.17. The minimum absolute atomic E-state index is 0.0111. The maximum atomic E-state index is 12.6. The highest BCUT2D eigenvalue weighted by molar-refractivity contribution is 6.04. The average molecular weight is 404 g/mol. The van der Waals surface area contributed by atoms with E-state index in [1.807, 2.05) is 18.2 Å². The third-order valence-corrected chi connectivity index (χ3v) is 4.75. The van der Waals surface area contributed by atoms with E-state index >= 15 is 0 Å². The third kappa shape index (κ3) is 5.67. The minimum atomic E-state index is -0.646. The van der Waals surface area contributed by atoms with Crippen molar-refractivity contribution >= 4 is 17.5 Å². The van der Waals surface area contributed by atoms with Gasteiger partial charge in [-0.1, -0.05) is 42.5 Å². The van der Waals surface area contributed by atoms with Gasteiger partial charge < -0.3 is 15.5 Å². The topological polar surface area (TPSA) is 102 Å². The number of hydrogen-bond acceptors (Lipinski definition) is 4. The summed E-state index contributed by atoms with van der Waals surface area (Å²) in [5, 5.41) is 2.69. The molecule has 2 amide bonds. The Morgan fingerprint density at radius 1 is 0.967 bits per heavy atom. The molecule has 154 valence electrons. The first-order chi connectivity index (χ1) is 14.4. The molecular formula is C24H24N2O4. The second kappa shape index (κ2) is 9.69. The number of aryl methyl sites for hydroxylation is 3. The van der Waals surface area contributed by atoms with E-state index < -0.39 is 17.4 Å². The van der Waals surface area contributed by atoms with Crippen LogP contribution in [0.25, 0.3) is 0 Å². The van der Waals surface area contributed by atoms with Crippen molar-refractivity contribution in [2.45, 2.75) is 32.6 Å². The number of primary amides is 1. The molecule has 3 rings (SSSR count). The first-order valence-electron chi connectivity index (χ1n) is 9.78. The quantitative estimate of drug-likeness (QED) is 0.601. The van der Waals surface area contributed by atoms with Crippen LogP contribution in [0.5, 0.6) is 0 Å². The zero-order valence-electron chi connectivity index (χ0n) is 16.8. The summed E-state index contributed by atoms with van der Waals surface area (Å²) in [4.78, 5) is 36.0. The molecule has 3 N–H and O–H groups in total. The fourth-order valence-electron chi connectivity index (χ4n) is 3.28. The Kier molecular flexibility index (Phi) is 6.80. The summed E-state index contributed by atoms with van der Waals surface area (Å²) in [5.74, 6) is -0.385. The number of rotatable bonds is 8. The minimum Gasteiger partial charge on any atom is -0.427 e. The SMILES string of the molecule is Cc1cc(CCCc2ccccc2)oc(=O)c1C(=O)Nc1ccc(CC(N)=O)cc1. The Morgan fingerprint density at radius 3 is 2.30 bits per heavy atom. The molecule has 1 heterocycles. The lowest BCUT2D eigenvalue weighted by atomic mass is 10.1. The molecule has 0 aliphatic heterocycles. The smallest absolute Gasteiger partial charge is 0.349 e. The summed E-state index contributed by atoms with van der Waals surface area (Å²) in [6.45, 7) is 1.72. The Hall–Kier alpha value is -3.67. The van der Waals surface area contributed by atoms with Gasteiger partial charge >= 0.3 is 5.63 Å². The molecule has 1 aromatic heterocycles. The average Bonchev–Trinajstić information content (AvgIpc) is 2.69. The number of benzene rings is 2. The van der Waals surface area contributed by atoms with E-state index in [9.17, 15) is 14.4 Å². The Bertz CT molecular complexity index is 1090. The van der Waals surface area contributed by atoms with Crippen molar-refractivity contribution in [1.29, 1.82) is 0 Å². The molecule has 0 unspecified atom stereocenters. The van der Waals surface area contributed by atoms with Gasteiger partial charge in [-0.05, 0) is 54.7 Å². The summed E-state index contributed by atoms with van der Waals surface area (Å²) in [6.07, 6.45) is 2.48. The maximum Gasteiger partial charge on any atom is 0.349 e. The molecule has 0 bridgehead atoms. The molecule has 0 aliphatic carbocycles. The fraction of sp³-hybridized carbons (Fsp3) is 0.208. The molecule has 0 radical (unpaired) electrons.